The van der Waals surface area contributed by atoms with E-state index in [0.717, 1.165) is 11.1 Å². The van der Waals surface area contributed by atoms with Crippen LogP contribution in [0.25, 0.3) is 11.7 Å². The number of rotatable bonds is 7. The highest BCUT2D eigenvalue weighted by molar-refractivity contribution is 6.35. The van der Waals surface area contributed by atoms with Gasteiger partial charge < -0.3 is 10.1 Å². The van der Waals surface area contributed by atoms with Crippen LogP contribution in [0.3, 0.4) is 0 Å². The first-order valence-electron chi connectivity index (χ1n) is 11.0. The second-order valence-electron chi connectivity index (χ2n) is 7.86. The number of carbonyl (C=O) groups excluding carboxylic acids is 1. The summed E-state index contributed by atoms with van der Waals surface area (Å²) in [4.78, 5) is 30.7. The van der Waals surface area contributed by atoms with E-state index in [1.807, 2.05) is 36.4 Å². The molecule has 2 aromatic carbocycles. The SMILES string of the molecule is Cc1cccn2c(=O)c(/C=C(\C#N)C(=O)NCCc3ccccc3)c(Oc3ccc(Cl)cc3Cl)nc12. The fourth-order valence-electron chi connectivity index (χ4n) is 3.51. The van der Waals surface area contributed by atoms with Crippen molar-refractivity contribution in [1.82, 2.24) is 14.7 Å². The molecule has 1 N–H and O–H groups in total. The maximum absolute atomic E-state index is 13.4. The van der Waals surface area contributed by atoms with Gasteiger partial charge >= 0.3 is 0 Å². The van der Waals surface area contributed by atoms with E-state index in [9.17, 15) is 14.9 Å². The van der Waals surface area contributed by atoms with Crippen LogP contribution in [-0.2, 0) is 11.2 Å². The molecule has 0 atom stereocenters. The molecule has 4 aromatic rings. The minimum Gasteiger partial charge on any atom is -0.437 e. The number of halogens is 2. The fourth-order valence-corrected chi connectivity index (χ4v) is 3.96. The van der Waals surface area contributed by atoms with Crippen LogP contribution in [0, 0.1) is 18.3 Å². The lowest BCUT2D eigenvalue weighted by Crippen LogP contribution is -2.27. The monoisotopic (exact) mass is 518 g/mol. The quantitative estimate of drug-likeness (QED) is 0.262. The van der Waals surface area contributed by atoms with Crippen LogP contribution in [0.1, 0.15) is 16.7 Å². The van der Waals surface area contributed by atoms with E-state index in [0.29, 0.717) is 23.6 Å². The highest BCUT2D eigenvalue weighted by Crippen LogP contribution is 2.32. The largest absolute Gasteiger partial charge is 0.437 e. The van der Waals surface area contributed by atoms with E-state index in [1.165, 1.54) is 16.5 Å². The Morgan fingerprint density at radius 3 is 2.67 bits per heavy atom. The van der Waals surface area contributed by atoms with Gasteiger partial charge in [-0.25, -0.2) is 0 Å². The van der Waals surface area contributed by atoms with Gasteiger partial charge in [0.2, 0.25) is 5.88 Å². The number of aromatic nitrogens is 2. The molecule has 36 heavy (non-hydrogen) atoms. The molecule has 0 radical (unpaired) electrons. The molecular formula is C27H20Cl2N4O3. The van der Waals surface area contributed by atoms with Crippen LogP contribution >= 0.6 is 23.2 Å². The van der Waals surface area contributed by atoms with Crippen LogP contribution in [-0.4, -0.2) is 21.8 Å². The highest BCUT2D eigenvalue weighted by Gasteiger charge is 2.19. The second-order valence-corrected chi connectivity index (χ2v) is 8.70. The van der Waals surface area contributed by atoms with Gasteiger partial charge in [-0.1, -0.05) is 59.6 Å². The first-order valence-corrected chi connectivity index (χ1v) is 11.7. The summed E-state index contributed by atoms with van der Waals surface area (Å²) in [5.74, 6) is -0.493. The number of nitrogens with one attached hydrogen (secondary N) is 1. The summed E-state index contributed by atoms with van der Waals surface area (Å²) >= 11 is 12.2. The normalized spacial score (nSPS) is 11.2. The van der Waals surface area contributed by atoms with Crippen molar-refractivity contribution in [2.24, 2.45) is 0 Å². The first-order chi connectivity index (χ1) is 17.4. The number of amides is 1. The van der Waals surface area contributed by atoms with Gasteiger partial charge in [-0.3, -0.25) is 14.0 Å². The lowest BCUT2D eigenvalue weighted by molar-refractivity contribution is -0.117. The smallest absolute Gasteiger partial charge is 0.269 e. The van der Waals surface area contributed by atoms with Gasteiger partial charge in [0.15, 0.2) is 0 Å². The number of benzene rings is 2. The zero-order valence-electron chi connectivity index (χ0n) is 19.2. The van der Waals surface area contributed by atoms with E-state index in [1.54, 1.807) is 37.4 Å². The third-order valence-corrected chi connectivity index (χ3v) is 5.88. The maximum Gasteiger partial charge on any atom is 0.269 e. The molecule has 2 heterocycles. The molecule has 0 aliphatic carbocycles. The highest BCUT2D eigenvalue weighted by atomic mass is 35.5. The average molecular weight is 519 g/mol. The molecule has 2 aromatic heterocycles. The number of hydrogen-bond acceptors (Lipinski definition) is 5. The molecule has 4 rings (SSSR count). The molecule has 7 nitrogen and oxygen atoms in total. The number of fused-ring (bicyclic) bond motifs is 1. The third-order valence-electron chi connectivity index (χ3n) is 5.35. The molecule has 0 saturated carbocycles. The zero-order chi connectivity index (χ0) is 25.7. The van der Waals surface area contributed by atoms with Crippen molar-refractivity contribution in [2.45, 2.75) is 13.3 Å². The van der Waals surface area contributed by atoms with Crippen molar-refractivity contribution < 1.29 is 9.53 Å². The van der Waals surface area contributed by atoms with E-state index < -0.39 is 11.5 Å². The minimum atomic E-state index is -0.613. The van der Waals surface area contributed by atoms with Gasteiger partial charge in [-0.05, 0) is 54.8 Å². The van der Waals surface area contributed by atoms with Crippen LogP contribution in [0.4, 0.5) is 0 Å². The molecule has 0 aliphatic rings. The van der Waals surface area contributed by atoms with Gasteiger partial charge in [-0.2, -0.15) is 10.2 Å². The van der Waals surface area contributed by atoms with Crippen molar-refractivity contribution in [3.05, 3.63) is 110 Å². The Bertz CT molecular complexity index is 1570. The third kappa shape index (κ3) is 5.57. The molecule has 0 spiro atoms. The summed E-state index contributed by atoms with van der Waals surface area (Å²) in [6.07, 6.45) is 3.33. The Morgan fingerprint density at radius 2 is 1.94 bits per heavy atom. The number of pyridine rings is 1. The lowest BCUT2D eigenvalue weighted by atomic mass is 10.1. The molecular weight excluding hydrogens is 499 g/mol. The second kappa shape index (κ2) is 11.1. The number of nitriles is 1. The Hall–Kier alpha value is -4.12. The van der Waals surface area contributed by atoms with Crippen LogP contribution < -0.4 is 15.6 Å². The van der Waals surface area contributed by atoms with Gasteiger partial charge in [0.05, 0.1) is 5.02 Å². The summed E-state index contributed by atoms with van der Waals surface area (Å²) in [6.45, 7) is 2.12. The topological polar surface area (TPSA) is 96.5 Å². The molecule has 0 saturated heterocycles. The number of nitrogens with zero attached hydrogens (tertiary/aromatic N) is 3. The molecule has 0 unspecified atom stereocenters. The predicted octanol–water partition coefficient (Wildman–Crippen LogP) is 5.37. The van der Waals surface area contributed by atoms with Crippen LogP contribution in [0.5, 0.6) is 11.6 Å². The average Bonchev–Trinajstić information content (AvgIpc) is 2.87. The maximum atomic E-state index is 13.4. The molecule has 0 aliphatic heterocycles. The van der Waals surface area contributed by atoms with Crippen molar-refractivity contribution in [2.75, 3.05) is 6.54 Å². The van der Waals surface area contributed by atoms with Gasteiger partial charge in [0.1, 0.15) is 28.6 Å². The number of aryl methyl sites for hydroxylation is 1. The number of ether oxygens (including phenoxy) is 1. The van der Waals surface area contributed by atoms with Crippen LogP contribution in [0.2, 0.25) is 10.0 Å². The van der Waals surface area contributed by atoms with Crippen molar-refractivity contribution in [1.29, 1.82) is 5.26 Å². The molecule has 180 valence electrons. The summed E-state index contributed by atoms with van der Waals surface area (Å²) in [5.41, 5.74) is 1.30. The first kappa shape index (κ1) is 25.0. The number of hydrogen-bond donors (Lipinski definition) is 1. The van der Waals surface area contributed by atoms with Crippen molar-refractivity contribution in [3.63, 3.8) is 0 Å². The predicted molar refractivity (Wildman–Crippen MR) is 139 cm³/mol. The van der Waals surface area contributed by atoms with E-state index in [-0.39, 0.29) is 27.8 Å². The zero-order valence-corrected chi connectivity index (χ0v) is 20.7. The van der Waals surface area contributed by atoms with Gasteiger partial charge in [0.25, 0.3) is 11.5 Å². The van der Waals surface area contributed by atoms with Crippen molar-refractivity contribution in [3.8, 4) is 17.7 Å². The van der Waals surface area contributed by atoms with Crippen molar-refractivity contribution >= 4 is 40.8 Å². The molecule has 0 fully saturated rings. The Morgan fingerprint density at radius 1 is 1.17 bits per heavy atom. The molecule has 9 heteroatoms. The number of carbonyl (C=O) groups is 1. The van der Waals surface area contributed by atoms with Gasteiger partial charge in [0, 0.05) is 17.8 Å². The lowest BCUT2D eigenvalue weighted by Gasteiger charge is -2.12. The summed E-state index contributed by atoms with van der Waals surface area (Å²) in [7, 11) is 0. The molecule has 0 bridgehead atoms. The van der Waals surface area contributed by atoms with Gasteiger partial charge in [-0.15, -0.1) is 0 Å². The minimum absolute atomic E-state index is 0.0705. The Balaban J connectivity index is 1.72. The van der Waals surface area contributed by atoms with E-state index in [2.05, 4.69) is 10.3 Å². The summed E-state index contributed by atoms with van der Waals surface area (Å²) < 4.78 is 7.24. The Kier molecular flexibility index (Phi) is 7.69. The summed E-state index contributed by atoms with van der Waals surface area (Å²) in [5, 5.41) is 13.0. The van der Waals surface area contributed by atoms with Crippen LogP contribution in [0.15, 0.2) is 77.2 Å². The summed E-state index contributed by atoms with van der Waals surface area (Å²) in [6, 6.07) is 19.6. The Labute approximate surface area is 217 Å². The standard InChI is InChI=1S/C27H20Cl2N4O3/c1-17-6-5-13-33-24(17)32-26(36-23-10-9-20(28)15-22(23)29)21(27(33)35)14-19(16-30)25(34)31-12-11-18-7-3-2-4-8-18/h2-10,13-15H,11-12H2,1H3,(H,31,34)/b19-14+. The fraction of sp³-hybridized carbons (Fsp3) is 0.111. The molecule has 1 amide bonds. The van der Waals surface area contributed by atoms with E-state index >= 15 is 0 Å². The van der Waals surface area contributed by atoms with E-state index in [4.69, 9.17) is 27.9 Å².